The highest BCUT2D eigenvalue weighted by Crippen LogP contribution is 2.66. The molecule has 0 bridgehead atoms. The van der Waals surface area contributed by atoms with Gasteiger partial charge >= 0.3 is 0 Å². The molecule has 3 heteroatoms. The van der Waals surface area contributed by atoms with Crippen LogP contribution in [-0.4, -0.2) is 0 Å². The Balaban J connectivity index is 0.943. The Morgan fingerprint density at radius 1 is 0.281 bits per heavy atom. The van der Waals surface area contributed by atoms with E-state index in [0.717, 1.165) is 50.6 Å². The van der Waals surface area contributed by atoms with E-state index < -0.39 is 5.41 Å². The van der Waals surface area contributed by atoms with Crippen LogP contribution >= 0.6 is 0 Å². The van der Waals surface area contributed by atoms with Crippen molar-refractivity contribution in [2.75, 3.05) is 4.90 Å². The molecule has 300 valence electrons. The second-order valence-electron chi connectivity index (χ2n) is 16.7. The minimum atomic E-state index is -0.478. The van der Waals surface area contributed by atoms with Crippen molar-refractivity contribution in [2.24, 2.45) is 0 Å². The normalized spacial score (nSPS) is 13.1. The van der Waals surface area contributed by atoms with Crippen LogP contribution in [0.1, 0.15) is 22.3 Å². The van der Waals surface area contributed by atoms with Crippen LogP contribution in [0.5, 0.6) is 23.0 Å². The van der Waals surface area contributed by atoms with Crippen molar-refractivity contribution in [3.05, 3.63) is 259 Å². The topological polar surface area (TPSA) is 21.7 Å². The van der Waals surface area contributed by atoms with E-state index in [-0.39, 0.29) is 0 Å². The first-order valence-electron chi connectivity index (χ1n) is 21.9. The Morgan fingerprint density at radius 3 is 1.45 bits per heavy atom. The number of rotatable bonds is 6. The van der Waals surface area contributed by atoms with E-state index in [1.165, 1.54) is 50.1 Å². The van der Waals surface area contributed by atoms with Crippen LogP contribution in [0.25, 0.3) is 55.6 Å². The van der Waals surface area contributed by atoms with Crippen LogP contribution in [0, 0.1) is 0 Å². The van der Waals surface area contributed by atoms with Crippen molar-refractivity contribution in [2.45, 2.75) is 5.41 Å². The Bertz CT molecular complexity index is 3400. The van der Waals surface area contributed by atoms with E-state index in [1.54, 1.807) is 0 Å². The van der Waals surface area contributed by atoms with Gasteiger partial charge in [0.2, 0.25) is 0 Å². The lowest BCUT2D eigenvalue weighted by Crippen LogP contribution is -2.25. The minimum Gasteiger partial charge on any atom is -0.449 e. The first-order chi connectivity index (χ1) is 31.7. The number of hydrogen-bond acceptors (Lipinski definition) is 3. The maximum atomic E-state index is 7.19. The van der Waals surface area contributed by atoms with Crippen LogP contribution in [0.3, 0.4) is 0 Å². The molecule has 0 aromatic heterocycles. The first kappa shape index (κ1) is 36.3. The van der Waals surface area contributed by atoms with Gasteiger partial charge in [-0.05, 0) is 115 Å². The van der Waals surface area contributed by atoms with Crippen molar-refractivity contribution in [3.63, 3.8) is 0 Å². The zero-order chi connectivity index (χ0) is 42.2. The van der Waals surface area contributed by atoms with Crippen molar-refractivity contribution in [1.29, 1.82) is 0 Å². The fourth-order valence-corrected chi connectivity index (χ4v) is 10.6. The zero-order valence-corrected chi connectivity index (χ0v) is 34.8. The molecule has 0 saturated heterocycles. The van der Waals surface area contributed by atoms with E-state index in [9.17, 15) is 0 Å². The molecule has 1 spiro atoms. The van der Waals surface area contributed by atoms with Crippen LogP contribution in [0.4, 0.5) is 17.1 Å². The van der Waals surface area contributed by atoms with Crippen molar-refractivity contribution < 1.29 is 9.47 Å². The summed E-state index contributed by atoms with van der Waals surface area (Å²) in [4.78, 5) is 2.31. The summed E-state index contributed by atoms with van der Waals surface area (Å²) in [5, 5.41) is 0. The highest BCUT2D eigenvalue weighted by molar-refractivity contribution is 5.98. The maximum Gasteiger partial charge on any atom is 0.178 e. The summed E-state index contributed by atoms with van der Waals surface area (Å²) in [6.45, 7) is 0. The minimum absolute atomic E-state index is 0.478. The molecule has 0 fully saturated rings. The average molecular weight is 818 g/mol. The summed E-state index contributed by atoms with van der Waals surface area (Å²) in [5.41, 5.74) is 19.4. The molecule has 0 radical (unpaired) electrons. The molecular formula is C61H39NO2. The fourth-order valence-electron chi connectivity index (χ4n) is 10.6. The quantitative estimate of drug-likeness (QED) is 0.167. The highest BCUT2D eigenvalue weighted by atomic mass is 16.6. The monoisotopic (exact) mass is 817 g/mol. The number of hydrogen-bond donors (Lipinski definition) is 0. The lowest BCUT2D eigenvalue weighted by Gasteiger charge is -2.31. The number of anilines is 3. The molecule has 3 aliphatic rings. The van der Waals surface area contributed by atoms with Crippen LogP contribution in [0.2, 0.25) is 0 Å². The van der Waals surface area contributed by atoms with Gasteiger partial charge in [-0.2, -0.15) is 0 Å². The Kier molecular flexibility index (Phi) is 8.13. The Labute approximate surface area is 372 Å². The van der Waals surface area contributed by atoms with Crippen LogP contribution in [0.15, 0.2) is 237 Å². The third kappa shape index (κ3) is 5.41. The Hall–Kier alpha value is -8.40. The van der Waals surface area contributed by atoms with Gasteiger partial charge in [0.1, 0.15) is 0 Å². The molecule has 0 saturated carbocycles. The maximum absolute atomic E-state index is 7.19. The van der Waals surface area contributed by atoms with E-state index in [1.807, 2.05) is 6.07 Å². The predicted octanol–water partition coefficient (Wildman–Crippen LogP) is 16.4. The van der Waals surface area contributed by atoms with Gasteiger partial charge in [0.15, 0.2) is 23.0 Å². The van der Waals surface area contributed by atoms with Gasteiger partial charge in [-0.25, -0.2) is 0 Å². The van der Waals surface area contributed by atoms with Gasteiger partial charge in [0.05, 0.1) is 11.1 Å². The first-order valence-corrected chi connectivity index (χ1v) is 21.9. The second-order valence-corrected chi connectivity index (χ2v) is 16.7. The molecule has 13 rings (SSSR count). The molecule has 1 heterocycles. The lowest BCUT2D eigenvalue weighted by atomic mass is 9.70. The van der Waals surface area contributed by atoms with Crippen LogP contribution < -0.4 is 14.4 Å². The molecule has 10 aromatic carbocycles. The molecule has 0 N–H and O–H groups in total. The van der Waals surface area contributed by atoms with E-state index in [2.05, 4.69) is 235 Å². The molecule has 0 atom stereocenters. The molecular weight excluding hydrogens is 779 g/mol. The number of ether oxygens (including phenoxy) is 2. The van der Waals surface area contributed by atoms with Gasteiger partial charge in [0, 0.05) is 23.0 Å². The van der Waals surface area contributed by atoms with Crippen molar-refractivity contribution >= 4 is 17.1 Å². The number of benzene rings is 10. The smallest absolute Gasteiger partial charge is 0.178 e. The lowest BCUT2D eigenvalue weighted by molar-refractivity contribution is 0.360. The molecule has 3 nitrogen and oxygen atoms in total. The zero-order valence-electron chi connectivity index (χ0n) is 34.8. The van der Waals surface area contributed by atoms with E-state index >= 15 is 0 Å². The summed E-state index contributed by atoms with van der Waals surface area (Å²) < 4.78 is 14.0. The summed E-state index contributed by atoms with van der Waals surface area (Å²) in [7, 11) is 0. The van der Waals surface area contributed by atoms with Crippen molar-refractivity contribution in [1.82, 2.24) is 0 Å². The summed E-state index contributed by atoms with van der Waals surface area (Å²) in [6.07, 6.45) is 0. The highest BCUT2D eigenvalue weighted by Gasteiger charge is 2.53. The van der Waals surface area contributed by atoms with Crippen LogP contribution in [-0.2, 0) is 5.41 Å². The van der Waals surface area contributed by atoms with Gasteiger partial charge in [-0.3, -0.25) is 0 Å². The number of nitrogens with zero attached hydrogens (tertiary/aromatic N) is 1. The third-order valence-corrected chi connectivity index (χ3v) is 13.4. The molecule has 10 aromatic rings. The molecule has 64 heavy (non-hydrogen) atoms. The molecule has 0 amide bonds. The SMILES string of the molecule is c1ccc(-c2cccc(N(c3ccc(-c4ccccc4-c4ccccc4)cc3)c3ccc4c(c3)Oc3c(ccc5c3-c3ccccc3C53c5ccccc5-c5ccccc53)O4)c2)cc1. The summed E-state index contributed by atoms with van der Waals surface area (Å²) in [5.74, 6) is 2.80. The average Bonchev–Trinajstić information content (AvgIpc) is 3.84. The van der Waals surface area contributed by atoms with E-state index in [0.29, 0.717) is 17.2 Å². The molecule has 0 unspecified atom stereocenters. The third-order valence-electron chi connectivity index (χ3n) is 13.4. The van der Waals surface area contributed by atoms with Crippen molar-refractivity contribution in [3.8, 4) is 78.6 Å². The standard InChI is InChI=1S/C61H39NO2/c1-3-16-40(17-4-1)43-20-15-21-45(38-43)62(44-32-30-42(31-33-44)48-23-8-7-22-47(48)41-18-5-2-6-19-41)46-34-36-56-58(39-46)64-60-57(63-56)37-35-55-59(60)51-26-11-14-29-54(51)61(55)52-27-12-9-24-49(52)50-25-10-13-28-53(50)61/h1-39H. The van der Waals surface area contributed by atoms with Gasteiger partial charge in [-0.1, -0.05) is 188 Å². The largest absolute Gasteiger partial charge is 0.449 e. The number of fused-ring (bicyclic) bond motifs is 13. The molecule has 2 aliphatic carbocycles. The Morgan fingerprint density at radius 2 is 0.781 bits per heavy atom. The fraction of sp³-hybridized carbons (Fsp3) is 0.0164. The van der Waals surface area contributed by atoms with Gasteiger partial charge in [-0.15, -0.1) is 0 Å². The van der Waals surface area contributed by atoms with Gasteiger partial charge < -0.3 is 14.4 Å². The van der Waals surface area contributed by atoms with E-state index in [4.69, 9.17) is 9.47 Å². The summed E-state index contributed by atoms with van der Waals surface area (Å²) in [6, 6.07) is 84.7. The second kappa shape index (κ2) is 14.3. The molecule has 1 aliphatic heterocycles. The predicted molar refractivity (Wildman–Crippen MR) is 260 cm³/mol. The summed E-state index contributed by atoms with van der Waals surface area (Å²) >= 11 is 0. The van der Waals surface area contributed by atoms with Gasteiger partial charge in [0.25, 0.3) is 0 Å².